The lowest BCUT2D eigenvalue weighted by Gasteiger charge is -2.31. The third-order valence-corrected chi connectivity index (χ3v) is 8.84. The van der Waals surface area contributed by atoms with Gasteiger partial charge in [0.15, 0.2) is 11.5 Å². The van der Waals surface area contributed by atoms with E-state index in [2.05, 4.69) is 21.2 Å². The minimum absolute atomic E-state index is 0.0889. The van der Waals surface area contributed by atoms with Crippen molar-refractivity contribution in [3.05, 3.63) is 52.5 Å². The molecule has 0 radical (unpaired) electrons. The first-order chi connectivity index (χ1) is 18.6. The number of benzene rings is 2. The Morgan fingerprint density at radius 3 is 2.54 bits per heavy atom. The van der Waals surface area contributed by atoms with Crippen molar-refractivity contribution in [2.24, 2.45) is 0 Å². The molecule has 11 heteroatoms. The van der Waals surface area contributed by atoms with Gasteiger partial charge in [-0.2, -0.15) is 0 Å². The summed E-state index contributed by atoms with van der Waals surface area (Å²) in [5.41, 5.74) is 1.34. The number of hydrogen-bond donors (Lipinski definition) is 1. The zero-order valence-electron chi connectivity index (χ0n) is 22.4. The molecule has 1 heterocycles. The third kappa shape index (κ3) is 7.88. The average molecular weight is 623 g/mol. The molecular weight excluding hydrogens is 586 g/mol. The van der Waals surface area contributed by atoms with Crippen molar-refractivity contribution in [2.45, 2.75) is 70.5 Å². The Kier molecular flexibility index (Phi) is 9.76. The fourth-order valence-corrected chi connectivity index (χ4v) is 6.43. The predicted octanol–water partition coefficient (Wildman–Crippen LogP) is 4.59. The van der Waals surface area contributed by atoms with Crippen molar-refractivity contribution in [1.29, 1.82) is 0 Å². The second-order valence-corrected chi connectivity index (χ2v) is 13.0. The second kappa shape index (κ2) is 13.0. The van der Waals surface area contributed by atoms with Gasteiger partial charge in [0.05, 0.1) is 11.9 Å². The number of nitrogens with one attached hydrogen (secondary N) is 1. The summed E-state index contributed by atoms with van der Waals surface area (Å²) in [5, 5.41) is 3.14. The maximum Gasteiger partial charge on any atom is 0.242 e. The summed E-state index contributed by atoms with van der Waals surface area (Å²) in [7, 11) is -3.61. The van der Waals surface area contributed by atoms with E-state index < -0.39 is 16.1 Å². The molecular formula is C28H36BrN3O6S. The molecule has 1 fully saturated rings. The lowest BCUT2D eigenvalue weighted by Crippen LogP contribution is -2.50. The highest BCUT2D eigenvalue weighted by molar-refractivity contribution is 9.10. The summed E-state index contributed by atoms with van der Waals surface area (Å²) in [6, 6.07) is 12.1. The summed E-state index contributed by atoms with van der Waals surface area (Å²) in [6.07, 6.45) is 6.81. The summed E-state index contributed by atoms with van der Waals surface area (Å²) in [5.74, 6) is 0.671. The quantitative estimate of drug-likeness (QED) is 0.393. The van der Waals surface area contributed by atoms with Gasteiger partial charge in [-0.3, -0.25) is 13.9 Å². The van der Waals surface area contributed by atoms with E-state index in [0.29, 0.717) is 17.2 Å². The van der Waals surface area contributed by atoms with E-state index in [1.807, 2.05) is 24.3 Å². The number of carbonyl (C=O) groups is 2. The van der Waals surface area contributed by atoms with Crippen molar-refractivity contribution >= 4 is 43.5 Å². The van der Waals surface area contributed by atoms with Gasteiger partial charge >= 0.3 is 0 Å². The summed E-state index contributed by atoms with van der Waals surface area (Å²) in [4.78, 5) is 28.3. The Bertz CT molecular complexity index is 1280. The van der Waals surface area contributed by atoms with Crippen molar-refractivity contribution in [1.82, 2.24) is 10.2 Å². The molecule has 0 unspecified atom stereocenters. The van der Waals surface area contributed by atoms with E-state index in [1.165, 1.54) is 10.7 Å². The van der Waals surface area contributed by atoms with Crippen LogP contribution in [0.3, 0.4) is 0 Å². The minimum atomic E-state index is -3.61. The fourth-order valence-electron chi connectivity index (χ4n) is 5.03. The molecule has 0 saturated heterocycles. The number of amides is 2. The van der Waals surface area contributed by atoms with Crippen LogP contribution < -0.4 is 19.1 Å². The molecule has 212 valence electrons. The van der Waals surface area contributed by atoms with Gasteiger partial charge in [-0.1, -0.05) is 47.3 Å². The molecule has 1 N–H and O–H groups in total. The lowest BCUT2D eigenvalue weighted by atomic mass is 9.95. The molecule has 2 aromatic carbocycles. The van der Waals surface area contributed by atoms with Crippen LogP contribution in [0, 0.1) is 0 Å². The Labute approximate surface area is 239 Å². The number of sulfonamides is 1. The SMILES string of the molecule is C[C@H](C(=O)NC1CCCCC1)N(Cc1cccc(Br)c1)C(=O)CCCN(c1ccc2c(c1)OCO2)S(C)(=O)=O. The summed E-state index contributed by atoms with van der Waals surface area (Å²) in [6.45, 7) is 2.23. The highest BCUT2D eigenvalue weighted by atomic mass is 79.9. The topological polar surface area (TPSA) is 105 Å². The van der Waals surface area contributed by atoms with E-state index in [4.69, 9.17) is 9.47 Å². The van der Waals surface area contributed by atoms with Crippen LogP contribution in [0.25, 0.3) is 0 Å². The molecule has 4 rings (SSSR count). The Balaban J connectivity index is 1.45. The number of hydrogen-bond acceptors (Lipinski definition) is 6. The molecule has 1 atom stereocenters. The average Bonchev–Trinajstić information content (AvgIpc) is 3.37. The number of nitrogens with zero attached hydrogens (tertiary/aromatic N) is 2. The first kappa shape index (κ1) is 29.2. The van der Waals surface area contributed by atoms with Crippen LogP contribution in [0.5, 0.6) is 11.5 Å². The second-order valence-electron chi connectivity index (χ2n) is 10.1. The first-order valence-corrected chi connectivity index (χ1v) is 16.0. The Hall–Kier alpha value is -2.79. The highest BCUT2D eigenvalue weighted by Crippen LogP contribution is 2.36. The number of halogens is 1. The van der Waals surface area contributed by atoms with Crippen LogP contribution in [0.15, 0.2) is 46.9 Å². The zero-order valence-corrected chi connectivity index (χ0v) is 24.8. The maximum absolute atomic E-state index is 13.5. The van der Waals surface area contributed by atoms with Crippen LogP contribution in [0.2, 0.25) is 0 Å². The standard InChI is InChI=1S/C28H36BrN3O6S/c1-20(28(34)30-23-10-4-3-5-11-23)31(18-21-8-6-9-22(29)16-21)27(33)12-7-15-32(39(2,35)36)24-13-14-25-26(17-24)38-19-37-25/h6,8-9,13-14,16-17,20,23H,3-5,7,10-12,15,18-19H2,1-2H3,(H,30,34)/t20-/m1/s1. The van der Waals surface area contributed by atoms with E-state index in [1.54, 1.807) is 30.0 Å². The number of ether oxygens (including phenoxy) is 2. The smallest absolute Gasteiger partial charge is 0.242 e. The lowest BCUT2D eigenvalue weighted by molar-refractivity contribution is -0.141. The van der Waals surface area contributed by atoms with Crippen molar-refractivity contribution in [2.75, 3.05) is 23.9 Å². The number of fused-ring (bicyclic) bond motifs is 1. The van der Waals surface area contributed by atoms with Gasteiger partial charge in [0, 0.05) is 36.1 Å². The van der Waals surface area contributed by atoms with Gasteiger partial charge in [0.2, 0.25) is 28.6 Å². The van der Waals surface area contributed by atoms with Crippen LogP contribution in [-0.4, -0.2) is 56.8 Å². The molecule has 2 aliphatic rings. The number of carbonyl (C=O) groups excluding carboxylic acids is 2. The number of anilines is 1. The molecule has 9 nitrogen and oxygen atoms in total. The zero-order chi connectivity index (χ0) is 28.0. The maximum atomic E-state index is 13.5. The van der Waals surface area contributed by atoms with Crippen LogP contribution in [0.4, 0.5) is 5.69 Å². The normalized spacial score (nSPS) is 16.0. The Morgan fingerprint density at radius 2 is 1.82 bits per heavy atom. The molecule has 2 aromatic rings. The van der Waals surface area contributed by atoms with E-state index in [0.717, 1.165) is 42.0 Å². The molecule has 0 aromatic heterocycles. The monoisotopic (exact) mass is 621 g/mol. The van der Waals surface area contributed by atoms with E-state index in [9.17, 15) is 18.0 Å². The van der Waals surface area contributed by atoms with Gasteiger partial charge in [-0.05, 0) is 56.0 Å². The van der Waals surface area contributed by atoms with E-state index in [-0.39, 0.29) is 50.6 Å². The molecule has 0 spiro atoms. The molecule has 1 saturated carbocycles. The predicted molar refractivity (Wildman–Crippen MR) is 153 cm³/mol. The molecule has 39 heavy (non-hydrogen) atoms. The highest BCUT2D eigenvalue weighted by Gasteiger charge is 2.29. The van der Waals surface area contributed by atoms with Crippen molar-refractivity contribution in [3.8, 4) is 11.5 Å². The van der Waals surface area contributed by atoms with Crippen molar-refractivity contribution < 1.29 is 27.5 Å². The van der Waals surface area contributed by atoms with Gasteiger partial charge in [0.25, 0.3) is 0 Å². The van der Waals surface area contributed by atoms with Gasteiger partial charge in [0.1, 0.15) is 6.04 Å². The van der Waals surface area contributed by atoms with Gasteiger partial charge in [-0.15, -0.1) is 0 Å². The fraction of sp³-hybridized carbons (Fsp3) is 0.500. The summed E-state index contributed by atoms with van der Waals surface area (Å²) < 4.78 is 38.1. The first-order valence-electron chi connectivity index (χ1n) is 13.3. The molecule has 0 bridgehead atoms. The third-order valence-electron chi connectivity index (χ3n) is 7.16. The summed E-state index contributed by atoms with van der Waals surface area (Å²) >= 11 is 3.48. The Morgan fingerprint density at radius 1 is 1.08 bits per heavy atom. The minimum Gasteiger partial charge on any atom is -0.454 e. The van der Waals surface area contributed by atoms with E-state index >= 15 is 0 Å². The van der Waals surface area contributed by atoms with Crippen molar-refractivity contribution in [3.63, 3.8) is 0 Å². The molecule has 1 aliphatic carbocycles. The van der Waals surface area contributed by atoms with Crippen LogP contribution in [0.1, 0.15) is 57.4 Å². The largest absolute Gasteiger partial charge is 0.454 e. The molecule has 2 amide bonds. The molecule has 1 aliphatic heterocycles. The van der Waals surface area contributed by atoms with Crippen LogP contribution in [-0.2, 0) is 26.2 Å². The van der Waals surface area contributed by atoms with Gasteiger partial charge < -0.3 is 19.7 Å². The van der Waals surface area contributed by atoms with Crippen LogP contribution >= 0.6 is 15.9 Å². The number of rotatable bonds is 11. The van der Waals surface area contributed by atoms with Gasteiger partial charge in [-0.25, -0.2) is 8.42 Å².